The molecule has 0 radical (unpaired) electrons. The number of phenols is 1. The Kier molecular flexibility index (Phi) is 5.25. The third-order valence-corrected chi connectivity index (χ3v) is 5.48. The number of carboxylic acids is 1. The van der Waals surface area contributed by atoms with E-state index in [9.17, 15) is 14.7 Å². The van der Waals surface area contributed by atoms with E-state index in [1.807, 2.05) is 25.1 Å². The molecule has 5 N–H and O–H groups in total. The van der Waals surface area contributed by atoms with E-state index in [0.717, 1.165) is 0 Å². The number of benzene rings is 3. The lowest BCUT2D eigenvalue weighted by atomic mass is 10.1. The number of nitrogens with zero attached hydrogens (tertiary/aromatic N) is 2. The molecule has 0 fully saturated rings. The van der Waals surface area contributed by atoms with Crippen LogP contribution in [0, 0.1) is 6.92 Å². The molecule has 0 aliphatic heterocycles. The summed E-state index contributed by atoms with van der Waals surface area (Å²) in [5.74, 6) is 0.00587. The summed E-state index contributed by atoms with van der Waals surface area (Å²) in [4.78, 5) is 26.4. The number of para-hydroxylation sites is 1. The molecular formula is C25H20N4O6. The van der Waals surface area contributed by atoms with Crippen LogP contribution in [-0.4, -0.2) is 37.6 Å². The quantitative estimate of drug-likeness (QED) is 0.292. The summed E-state index contributed by atoms with van der Waals surface area (Å²) in [6.07, 6.45) is 0. The van der Waals surface area contributed by atoms with Crippen LogP contribution in [0.5, 0.6) is 23.0 Å². The number of rotatable bonds is 6. The lowest BCUT2D eigenvalue weighted by Gasteiger charge is -2.13. The van der Waals surface area contributed by atoms with E-state index in [4.69, 9.17) is 20.3 Å². The molecule has 0 unspecified atom stereocenters. The number of phenolic OH excluding ortho intramolecular Hbond substituents is 1. The highest BCUT2D eigenvalue weighted by molar-refractivity contribution is 6.07. The first kappa shape index (κ1) is 21.8. The summed E-state index contributed by atoms with van der Waals surface area (Å²) in [7, 11) is 0. The van der Waals surface area contributed by atoms with Gasteiger partial charge in [0.05, 0.1) is 11.2 Å². The number of pyridine rings is 1. The van der Waals surface area contributed by atoms with Gasteiger partial charge in [0.25, 0.3) is 5.56 Å². The van der Waals surface area contributed by atoms with Crippen molar-refractivity contribution in [3.63, 3.8) is 0 Å². The van der Waals surface area contributed by atoms with Crippen molar-refractivity contribution in [1.82, 2.24) is 14.8 Å². The van der Waals surface area contributed by atoms with E-state index >= 15 is 0 Å². The number of carbonyl (C=O) groups is 1. The van der Waals surface area contributed by atoms with E-state index in [2.05, 4.69) is 10.1 Å². The Morgan fingerprint density at radius 2 is 1.89 bits per heavy atom. The number of aromatic hydroxyl groups is 1. The fourth-order valence-electron chi connectivity index (χ4n) is 3.86. The highest BCUT2D eigenvalue weighted by Crippen LogP contribution is 2.36. The van der Waals surface area contributed by atoms with Crippen molar-refractivity contribution in [2.75, 3.05) is 12.3 Å². The van der Waals surface area contributed by atoms with Gasteiger partial charge < -0.3 is 30.4 Å². The van der Waals surface area contributed by atoms with E-state index in [1.165, 1.54) is 16.8 Å². The Morgan fingerprint density at radius 3 is 2.63 bits per heavy atom. The number of nitrogens with one attached hydrogen (secondary N) is 1. The van der Waals surface area contributed by atoms with Crippen molar-refractivity contribution in [2.24, 2.45) is 0 Å². The minimum atomic E-state index is -1.11. The second kappa shape index (κ2) is 8.41. The Labute approximate surface area is 197 Å². The first-order valence-corrected chi connectivity index (χ1v) is 10.6. The summed E-state index contributed by atoms with van der Waals surface area (Å²) in [5.41, 5.74) is 7.83. The average Bonchev–Trinajstić information content (AvgIpc) is 3.18. The zero-order chi connectivity index (χ0) is 24.7. The molecule has 5 rings (SSSR count). The number of nitrogen functional groups attached to an aromatic ring is 1. The normalized spacial score (nSPS) is 11.1. The maximum atomic E-state index is 12.9. The summed E-state index contributed by atoms with van der Waals surface area (Å²) in [6.45, 7) is 1.30. The number of aromatic nitrogens is 3. The highest BCUT2D eigenvalue weighted by atomic mass is 16.5. The summed E-state index contributed by atoms with van der Waals surface area (Å²) < 4.78 is 12.4. The van der Waals surface area contributed by atoms with E-state index in [1.54, 1.807) is 30.3 Å². The molecule has 176 valence electrons. The van der Waals surface area contributed by atoms with Gasteiger partial charge in [-0.1, -0.05) is 18.2 Å². The van der Waals surface area contributed by atoms with Crippen LogP contribution >= 0.6 is 0 Å². The van der Waals surface area contributed by atoms with Crippen LogP contribution in [0.2, 0.25) is 0 Å². The summed E-state index contributed by atoms with van der Waals surface area (Å²) >= 11 is 0. The average molecular weight is 472 g/mol. The van der Waals surface area contributed by atoms with Crippen molar-refractivity contribution >= 4 is 33.6 Å². The van der Waals surface area contributed by atoms with Crippen molar-refractivity contribution in [3.05, 3.63) is 76.6 Å². The molecule has 0 spiro atoms. The zero-order valence-corrected chi connectivity index (χ0v) is 18.5. The second-order valence-corrected chi connectivity index (χ2v) is 7.89. The van der Waals surface area contributed by atoms with Gasteiger partial charge in [0.2, 0.25) is 0 Å². The molecule has 0 aliphatic rings. The monoisotopic (exact) mass is 472 g/mol. The minimum absolute atomic E-state index is 0.105. The van der Waals surface area contributed by atoms with Gasteiger partial charge in [-0.2, -0.15) is 5.10 Å². The number of hydrogen-bond donors (Lipinski definition) is 4. The molecule has 35 heavy (non-hydrogen) atoms. The Bertz CT molecular complexity index is 1660. The number of hydrogen-bond acceptors (Lipinski definition) is 7. The molecule has 0 aliphatic carbocycles. The summed E-state index contributed by atoms with van der Waals surface area (Å²) in [6, 6.07) is 17.0. The van der Waals surface area contributed by atoms with Gasteiger partial charge in [0, 0.05) is 17.5 Å². The fourth-order valence-corrected chi connectivity index (χ4v) is 3.86. The van der Waals surface area contributed by atoms with Gasteiger partial charge in [-0.05, 0) is 42.8 Å². The summed E-state index contributed by atoms with van der Waals surface area (Å²) in [5, 5.41) is 24.8. The molecule has 0 saturated carbocycles. The Hall–Kier alpha value is -4.99. The third kappa shape index (κ3) is 3.97. The molecular weight excluding hydrogens is 452 g/mol. The standard InChI is InChI=1S/C25H20N4O6/c1-13-9-20(35-14-5-3-2-4-6-14)19(30)11-18(13)29-24(26)22-23(28-29)16-8-7-15(34-12-21(31)32)10-17(16)27-25(22)33/h2-11,30H,12,26H2,1H3,(H,27,33)(H,31,32). The van der Waals surface area contributed by atoms with Crippen LogP contribution < -0.4 is 20.8 Å². The van der Waals surface area contributed by atoms with E-state index in [-0.39, 0.29) is 28.5 Å². The van der Waals surface area contributed by atoms with Crippen LogP contribution in [0.4, 0.5) is 5.82 Å². The van der Waals surface area contributed by atoms with Gasteiger partial charge in [-0.3, -0.25) is 4.79 Å². The number of aliphatic carboxylic acids is 1. The molecule has 10 heteroatoms. The number of H-pyrrole nitrogens is 1. The van der Waals surface area contributed by atoms with Gasteiger partial charge in [-0.15, -0.1) is 0 Å². The maximum absolute atomic E-state index is 12.9. The third-order valence-electron chi connectivity index (χ3n) is 5.48. The van der Waals surface area contributed by atoms with Crippen molar-refractivity contribution in [2.45, 2.75) is 6.92 Å². The maximum Gasteiger partial charge on any atom is 0.341 e. The zero-order valence-electron chi connectivity index (χ0n) is 18.5. The first-order valence-electron chi connectivity index (χ1n) is 10.6. The van der Waals surface area contributed by atoms with Gasteiger partial charge in [-0.25, -0.2) is 9.48 Å². The minimum Gasteiger partial charge on any atom is -0.504 e. The number of nitrogens with two attached hydrogens (primary N) is 1. The second-order valence-electron chi connectivity index (χ2n) is 7.89. The molecule has 10 nitrogen and oxygen atoms in total. The van der Waals surface area contributed by atoms with Crippen LogP contribution in [0.15, 0.2) is 65.5 Å². The van der Waals surface area contributed by atoms with Gasteiger partial charge in [0.1, 0.15) is 28.2 Å². The molecule has 2 heterocycles. The Balaban J connectivity index is 1.60. The van der Waals surface area contributed by atoms with Crippen molar-refractivity contribution < 1.29 is 24.5 Å². The Morgan fingerprint density at radius 1 is 1.11 bits per heavy atom. The van der Waals surface area contributed by atoms with Crippen molar-refractivity contribution in [3.8, 4) is 28.7 Å². The number of aryl methyl sites for hydroxylation is 1. The molecule has 0 amide bonds. The largest absolute Gasteiger partial charge is 0.504 e. The lowest BCUT2D eigenvalue weighted by molar-refractivity contribution is -0.139. The molecule has 2 aromatic heterocycles. The smallest absolute Gasteiger partial charge is 0.341 e. The molecule has 3 aromatic carbocycles. The number of carboxylic acid groups (broad SMARTS) is 1. The number of aromatic amines is 1. The van der Waals surface area contributed by atoms with Crippen molar-refractivity contribution in [1.29, 1.82) is 0 Å². The lowest BCUT2D eigenvalue weighted by Crippen LogP contribution is -2.10. The first-order chi connectivity index (χ1) is 16.8. The van der Waals surface area contributed by atoms with Gasteiger partial charge in [0.15, 0.2) is 18.1 Å². The van der Waals surface area contributed by atoms with E-state index in [0.29, 0.717) is 33.4 Å². The van der Waals surface area contributed by atoms with Crippen LogP contribution in [0.3, 0.4) is 0 Å². The number of fused-ring (bicyclic) bond motifs is 3. The number of ether oxygens (including phenoxy) is 2. The molecule has 0 bridgehead atoms. The predicted molar refractivity (Wildman–Crippen MR) is 130 cm³/mol. The van der Waals surface area contributed by atoms with Crippen LogP contribution in [-0.2, 0) is 4.79 Å². The van der Waals surface area contributed by atoms with E-state index < -0.39 is 18.1 Å². The fraction of sp³-hybridized carbons (Fsp3) is 0.0800. The highest BCUT2D eigenvalue weighted by Gasteiger charge is 2.19. The topological polar surface area (TPSA) is 153 Å². The molecule has 0 saturated heterocycles. The van der Waals surface area contributed by atoms with Gasteiger partial charge >= 0.3 is 5.97 Å². The SMILES string of the molecule is Cc1cc(Oc2ccccc2)c(O)cc1-n1nc2c(c1N)c(=O)[nH]c1cc(OCC(=O)O)ccc12. The number of anilines is 1. The van der Waals surface area contributed by atoms with Crippen LogP contribution in [0.25, 0.3) is 27.5 Å². The van der Waals surface area contributed by atoms with Crippen LogP contribution in [0.1, 0.15) is 5.56 Å². The molecule has 0 atom stereocenters. The predicted octanol–water partition coefficient (Wildman–Crippen LogP) is 3.72. The molecule has 5 aromatic rings.